The van der Waals surface area contributed by atoms with Crippen molar-refractivity contribution in [1.29, 1.82) is 0 Å². The van der Waals surface area contributed by atoms with Crippen molar-refractivity contribution in [2.45, 2.75) is 13.0 Å². The van der Waals surface area contributed by atoms with E-state index in [0.29, 0.717) is 5.02 Å². The molecule has 0 spiro atoms. The van der Waals surface area contributed by atoms with E-state index >= 15 is 0 Å². The van der Waals surface area contributed by atoms with Crippen molar-refractivity contribution in [2.75, 3.05) is 6.61 Å². The molecule has 1 rings (SSSR count). The molecule has 1 unspecified atom stereocenters. The molecule has 1 amide bonds. The molecule has 0 heterocycles. The number of carboxylic acids is 1. The fourth-order valence-electron chi connectivity index (χ4n) is 1.15. The highest BCUT2D eigenvalue weighted by atomic mass is 35.5. The van der Waals surface area contributed by atoms with Crippen LogP contribution in [0.3, 0.4) is 0 Å². The number of hydrogen-bond acceptors (Lipinski definition) is 3. The average molecular weight is 327 g/mol. The lowest BCUT2D eigenvalue weighted by Gasteiger charge is -2.12. The summed E-state index contributed by atoms with van der Waals surface area (Å²) in [7, 11) is 0. The summed E-state index contributed by atoms with van der Waals surface area (Å²) in [6.45, 7) is 0.932. The van der Waals surface area contributed by atoms with Gasteiger partial charge in [-0.1, -0.05) is 34.8 Å². The zero-order valence-corrected chi connectivity index (χ0v) is 12.0. The van der Waals surface area contributed by atoms with E-state index in [-0.39, 0.29) is 15.8 Å². The molecule has 8 heteroatoms. The second-order valence-corrected chi connectivity index (χ2v) is 4.87. The van der Waals surface area contributed by atoms with Gasteiger partial charge in [-0.15, -0.1) is 0 Å². The molecule has 19 heavy (non-hydrogen) atoms. The predicted octanol–water partition coefficient (Wildman–Crippen LogP) is 2.61. The number of amides is 1. The minimum absolute atomic E-state index is 0.117. The Hall–Kier alpha value is -1.17. The predicted molar refractivity (Wildman–Crippen MR) is 72.2 cm³/mol. The van der Waals surface area contributed by atoms with Gasteiger partial charge in [0.2, 0.25) is 0 Å². The van der Waals surface area contributed by atoms with Crippen molar-refractivity contribution in [3.63, 3.8) is 0 Å². The molecule has 0 radical (unpaired) electrons. The van der Waals surface area contributed by atoms with Gasteiger partial charge in [0, 0.05) is 5.02 Å². The third-order valence-corrected chi connectivity index (χ3v) is 2.84. The zero-order valence-electron chi connectivity index (χ0n) is 9.75. The highest BCUT2D eigenvalue weighted by Crippen LogP contribution is 2.35. The third-order valence-electron chi connectivity index (χ3n) is 2.06. The maximum Gasteiger partial charge on any atom is 0.325 e. The van der Waals surface area contributed by atoms with Gasteiger partial charge in [0.15, 0.2) is 12.4 Å². The van der Waals surface area contributed by atoms with Crippen molar-refractivity contribution in [3.8, 4) is 5.75 Å². The van der Waals surface area contributed by atoms with Crippen LogP contribution >= 0.6 is 34.8 Å². The van der Waals surface area contributed by atoms with Crippen LogP contribution in [0.5, 0.6) is 5.75 Å². The molecule has 0 fully saturated rings. The Kier molecular flexibility index (Phi) is 5.72. The fourth-order valence-corrected chi connectivity index (χ4v) is 2.08. The van der Waals surface area contributed by atoms with Crippen LogP contribution in [0.25, 0.3) is 0 Å². The molecule has 1 aromatic rings. The van der Waals surface area contributed by atoms with Crippen LogP contribution in [0, 0.1) is 0 Å². The van der Waals surface area contributed by atoms with Crippen LogP contribution in [0.1, 0.15) is 6.92 Å². The Bertz CT molecular complexity index is 484. The Balaban J connectivity index is 2.63. The van der Waals surface area contributed by atoms with E-state index in [2.05, 4.69) is 5.32 Å². The Morgan fingerprint density at radius 3 is 2.32 bits per heavy atom. The maximum atomic E-state index is 11.4. The van der Waals surface area contributed by atoms with Crippen LogP contribution in [0.2, 0.25) is 15.1 Å². The molecule has 1 aromatic carbocycles. The van der Waals surface area contributed by atoms with Gasteiger partial charge in [-0.2, -0.15) is 0 Å². The second-order valence-electron chi connectivity index (χ2n) is 3.61. The van der Waals surface area contributed by atoms with Crippen molar-refractivity contribution < 1.29 is 19.4 Å². The highest BCUT2D eigenvalue weighted by molar-refractivity contribution is 6.40. The molecule has 1 atom stereocenters. The smallest absolute Gasteiger partial charge is 0.325 e. The van der Waals surface area contributed by atoms with Crippen LogP contribution in [-0.4, -0.2) is 29.6 Å². The van der Waals surface area contributed by atoms with Gasteiger partial charge in [0.25, 0.3) is 5.91 Å². The Morgan fingerprint density at radius 2 is 1.84 bits per heavy atom. The van der Waals surface area contributed by atoms with Crippen molar-refractivity contribution >= 4 is 46.7 Å². The molecule has 0 bridgehead atoms. The van der Waals surface area contributed by atoms with Crippen molar-refractivity contribution in [2.24, 2.45) is 0 Å². The third kappa shape index (κ3) is 4.78. The SMILES string of the molecule is CC(NC(=O)COc1c(Cl)cc(Cl)cc1Cl)C(=O)O. The standard InChI is InChI=1S/C11H10Cl3NO4/c1-5(11(17)18)15-9(16)4-19-10-7(13)2-6(12)3-8(10)14/h2-3,5H,4H2,1H3,(H,15,16)(H,17,18). The normalized spacial score (nSPS) is 11.8. The van der Waals surface area contributed by atoms with Crippen molar-refractivity contribution in [3.05, 3.63) is 27.2 Å². The lowest BCUT2D eigenvalue weighted by Crippen LogP contribution is -2.40. The van der Waals surface area contributed by atoms with Crippen LogP contribution in [0.4, 0.5) is 0 Å². The van der Waals surface area contributed by atoms with E-state index in [9.17, 15) is 9.59 Å². The molecular formula is C11H10Cl3NO4. The van der Waals surface area contributed by atoms with Gasteiger partial charge in [0.05, 0.1) is 10.0 Å². The molecular weight excluding hydrogens is 316 g/mol. The van der Waals surface area contributed by atoms with Gasteiger partial charge >= 0.3 is 5.97 Å². The molecule has 5 nitrogen and oxygen atoms in total. The molecule has 0 aliphatic heterocycles. The summed E-state index contributed by atoms with van der Waals surface area (Å²) >= 11 is 17.4. The number of aliphatic carboxylic acids is 1. The molecule has 0 aliphatic rings. The fraction of sp³-hybridized carbons (Fsp3) is 0.273. The van der Waals surface area contributed by atoms with Crippen LogP contribution in [0.15, 0.2) is 12.1 Å². The summed E-state index contributed by atoms with van der Waals surface area (Å²) in [6.07, 6.45) is 0. The lowest BCUT2D eigenvalue weighted by molar-refractivity contribution is -0.141. The average Bonchev–Trinajstić information content (AvgIpc) is 2.27. The molecule has 0 saturated carbocycles. The first kappa shape index (κ1) is 15.9. The van der Waals surface area contributed by atoms with Gasteiger partial charge < -0.3 is 15.2 Å². The van der Waals surface area contributed by atoms with E-state index < -0.39 is 24.5 Å². The van der Waals surface area contributed by atoms with E-state index in [4.69, 9.17) is 44.6 Å². The first-order valence-electron chi connectivity index (χ1n) is 5.10. The summed E-state index contributed by atoms with van der Waals surface area (Å²) in [6, 6.07) is 1.83. The highest BCUT2D eigenvalue weighted by Gasteiger charge is 2.16. The zero-order chi connectivity index (χ0) is 14.6. The van der Waals surface area contributed by atoms with Gasteiger partial charge in [-0.3, -0.25) is 9.59 Å². The maximum absolute atomic E-state index is 11.4. The molecule has 0 aliphatic carbocycles. The van der Waals surface area contributed by atoms with Crippen LogP contribution in [-0.2, 0) is 9.59 Å². The quantitative estimate of drug-likeness (QED) is 0.872. The number of rotatable bonds is 5. The van der Waals surface area contributed by atoms with Crippen LogP contribution < -0.4 is 10.1 Å². The van der Waals surface area contributed by atoms with E-state index in [1.165, 1.54) is 19.1 Å². The second kappa shape index (κ2) is 6.84. The summed E-state index contributed by atoms with van der Waals surface area (Å²) in [4.78, 5) is 22.0. The van der Waals surface area contributed by atoms with Crippen molar-refractivity contribution in [1.82, 2.24) is 5.32 Å². The monoisotopic (exact) mass is 325 g/mol. The van der Waals surface area contributed by atoms with E-state index in [0.717, 1.165) is 0 Å². The molecule has 0 aromatic heterocycles. The van der Waals surface area contributed by atoms with Gasteiger partial charge in [-0.25, -0.2) is 0 Å². The number of halogens is 3. The topological polar surface area (TPSA) is 75.6 Å². The Labute approximate surface area is 124 Å². The molecule has 104 valence electrons. The lowest BCUT2D eigenvalue weighted by atomic mass is 10.3. The summed E-state index contributed by atoms with van der Waals surface area (Å²) in [5.41, 5.74) is 0. The number of carbonyl (C=O) groups is 2. The van der Waals surface area contributed by atoms with E-state index in [1.54, 1.807) is 0 Å². The minimum atomic E-state index is -1.14. The first-order valence-corrected chi connectivity index (χ1v) is 6.24. The number of benzene rings is 1. The summed E-state index contributed by atoms with van der Waals surface area (Å²) in [5.74, 6) is -1.63. The van der Waals surface area contributed by atoms with E-state index in [1.807, 2.05) is 0 Å². The van der Waals surface area contributed by atoms with Gasteiger partial charge in [-0.05, 0) is 19.1 Å². The number of hydrogen-bond donors (Lipinski definition) is 2. The number of carbonyl (C=O) groups excluding carboxylic acids is 1. The first-order chi connectivity index (χ1) is 8.81. The number of ether oxygens (including phenoxy) is 1. The summed E-state index contributed by atoms with van der Waals surface area (Å²) in [5, 5.41) is 11.5. The largest absolute Gasteiger partial charge is 0.481 e. The number of carboxylic acid groups (broad SMARTS) is 1. The van der Waals surface area contributed by atoms with Gasteiger partial charge in [0.1, 0.15) is 6.04 Å². The summed E-state index contributed by atoms with van der Waals surface area (Å²) < 4.78 is 5.14. The minimum Gasteiger partial charge on any atom is -0.481 e. The Morgan fingerprint density at radius 1 is 1.32 bits per heavy atom. The molecule has 2 N–H and O–H groups in total. The molecule has 0 saturated heterocycles. The number of nitrogens with one attached hydrogen (secondary N) is 1.